The highest BCUT2D eigenvalue weighted by Crippen LogP contribution is 2.10. The van der Waals surface area contributed by atoms with Gasteiger partial charge in [-0.25, -0.2) is 0 Å². The van der Waals surface area contributed by atoms with Crippen molar-refractivity contribution in [2.75, 3.05) is 20.3 Å². The van der Waals surface area contributed by atoms with Crippen molar-refractivity contribution in [2.45, 2.75) is 26.7 Å². The molecular formula is C9H20O3Si. The molecule has 0 bridgehead atoms. The van der Waals surface area contributed by atoms with Crippen LogP contribution < -0.4 is 0 Å². The molecule has 0 radical (unpaired) electrons. The van der Waals surface area contributed by atoms with E-state index in [0.717, 1.165) is 12.8 Å². The Hall–Kier alpha value is -0.163. The van der Waals surface area contributed by atoms with Crippen LogP contribution in [0.15, 0.2) is 12.3 Å². The maximum absolute atomic E-state index is 5.56. The van der Waals surface area contributed by atoms with Gasteiger partial charge in [0.15, 0.2) is 0 Å². The largest absolute Gasteiger partial charge is 0.528 e. The number of rotatable bonds is 8. The van der Waals surface area contributed by atoms with Gasteiger partial charge in [0, 0.05) is 20.3 Å². The van der Waals surface area contributed by atoms with E-state index in [-0.39, 0.29) is 0 Å². The Balaban J connectivity index is 4.04. The molecule has 0 aromatic heterocycles. The third-order valence-electron chi connectivity index (χ3n) is 1.55. The average Bonchev–Trinajstić information content (AvgIpc) is 2.20. The minimum atomic E-state index is -2.52. The summed E-state index contributed by atoms with van der Waals surface area (Å²) < 4.78 is 16.4. The van der Waals surface area contributed by atoms with Crippen LogP contribution in [-0.4, -0.2) is 29.1 Å². The Kier molecular flexibility index (Phi) is 7.17. The molecule has 0 rings (SSSR count). The first-order valence-electron chi connectivity index (χ1n) is 4.71. The molecule has 0 aliphatic rings. The molecule has 0 N–H and O–H groups in total. The smallest absolute Gasteiger partial charge is 0.374 e. The second-order valence-electron chi connectivity index (χ2n) is 2.71. The van der Waals surface area contributed by atoms with E-state index < -0.39 is 8.80 Å². The van der Waals surface area contributed by atoms with Crippen LogP contribution >= 0.6 is 0 Å². The quantitative estimate of drug-likeness (QED) is 0.567. The SMILES string of the molecule is C=C[Si](OC)(OCCC)OCCC. The summed E-state index contributed by atoms with van der Waals surface area (Å²) in [5, 5.41) is 0. The van der Waals surface area contributed by atoms with E-state index in [1.165, 1.54) is 0 Å². The lowest BCUT2D eigenvalue weighted by atomic mass is 10.5. The Bertz CT molecular complexity index is 131. The van der Waals surface area contributed by atoms with E-state index in [9.17, 15) is 0 Å². The van der Waals surface area contributed by atoms with Crippen molar-refractivity contribution in [1.29, 1.82) is 0 Å². The fourth-order valence-electron chi connectivity index (χ4n) is 0.849. The lowest BCUT2D eigenvalue weighted by Gasteiger charge is -2.24. The van der Waals surface area contributed by atoms with Crippen LogP contribution in [0.2, 0.25) is 0 Å². The Morgan fingerprint density at radius 2 is 1.62 bits per heavy atom. The molecule has 0 heterocycles. The minimum Gasteiger partial charge on any atom is -0.374 e. The van der Waals surface area contributed by atoms with Gasteiger partial charge in [-0.15, -0.1) is 0 Å². The standard InChI is InChI=1S/C9H20O3Si/c1-5-8-11-13(7-3,10-4)12-9-6-2/h7H,3,5-6,8-9H2,1-2,4H3. The summed E-state index contributed by atoms with van der Waals surface area (Å²) in [6, 6.07) is 0. The molecule has 0 saturated carbocycles. The summed E-state index contributed by atoms with van der Waals surface area (Å²) in [7, 11) is -0.911. The van der Waals surface area contributed by atoms with E-state index in [1.807, 2.05) is 0 Å². The lowest BCUT2D eigenvalue weighted by Crippen LogP contribution is -2.43. The molecule has 0 saturated heterocycles. The highest BCUT2D eigenvalue weighted by Gasteiger charge is 2.35. The van der Waals surface area contributed by atoms with Crippen molar-refractivity contribution in [3.8, 4) is 0 Å². The highest BCUT2D eigenvalue weighted by molar-refractivity contribution is 6.66. The zero-order valence-corrected chi connectivity index (χ0v) is 9.84. The summed E-state index contributed by atoms with van der Waals surface area (Å²) in [6.45, 7) is 9.13. The maximum atomic E-state index is 5.56. The molecule has 0 unspecified atom stereocenters. The molecule has 78 valence electrons. The van der Waals surface area contributed by atoms with Crippen LogP contribution in [0.5, 0.6) is 0 Å². The van der Waals surface area contributed by atoms with Gasteiger partial charge < -0.3 is 13.3 Å². The summed E-state index contributed by atoms with van der Waals surface area (Å²) >= 11 is 0. The minimum absolute atomic E-state index is 0.662. The van der Waals surface area contributed by atoms with Crippen molar-refractivity contribution >= 4 is 8.80 Å². The van der Waals surface area contributed by atoms with Gasteiger partial charge in [-0.05, 0) is 18.5 Å². The second-order valence-corrected chi connectivity index (χ2v) is 5.31. The van der Waals surface area contributed by atoms with Crippen LogP contribution in [0, 0.1) is 0 Å². The fourth-order valence-corrected chi connectivity index (χ4v) is 2.55. The van der Waals surface area contributed by atoms with Gasteiger partial charge in [0.1, 0.15) is 0 Å². The monoisotopic (exact) mass is 204 g/mol. The summed E-state index contributed by atoms with van der Waals surface area (Å²) in [6.07, 6.45) is 1.92. The van der Waals surface area contributed by atoms with Crippen molar-refractivity contribution in [3.05, 3.63) is 12.3 Å². The molecule has 0 atom stereocenters. The first-order valence-corrected chi connectivity index (χ1v) is 6.51. The first-order chi connectivity index (χ1) is 6.24. The molecule has 4 heteroatoms. The summed E-state index contributed by atoms with van der Waals surface area (Å²) in [4.78, 5) is 0. The van der Waals surface area contributed by atoms with Crippen LogP contribution in [0.25, 0.3) is 0 Å². The zero-order chi connectivity index (χ0) is 10.2. The van der Waals surface area contributed by atoms with Gasteiger partial charge in [0.05, 0.1) is 0 Å². The van der Waals surface area contributed by atoms with Gasteiger partial charge in [-0.2, -0.15) is 0 Å². The van der Waals surface area contributed by atoms with Gasteiger partial charge in [-0.3, -0.25) is 0 Å². The topological polar surface area (TPSA) is 27.7 Å². The van der Waals surface area contributed by atoms with Crippen molar-refractivity contribution in [3.63, 3.8) is 0 Å². The van der Waals surface area contributed by atoms with E-state index >= 15 is 0 Å². The fraction of sp³-hybridized carbons (Fsp3) is 0.778. The second kappa shape index (κ2) is 7.26. The summed E-state index contributed by atoms with van der Waals surface area (Å²) in [5.41, 5.74) is 1.68. The third kappa shape index (κ3) is 4.57. The molecule has 0 aromatic carbocycles. The maximum Gasteiger partial charge on any atom is 0.528 e. The van der Waals surface area contributed by atoms with Crippen molar-refractivity contribution in [2.24, 2.45) is 0 Å². The molecule has 0 amide bonds. The van der Waals surface area contributed by atoms with E-state index in [2.05, 4.69) is 20.4 Å². The van der Waals surface area contributed by atoms with Crippen molar-refractivity contribution < 1.29 is 13.3 Å². The molecule has 0 aliphatic heterocycles. The Morgan fingerprint density at radius 1 is 1.15 bits per heavy atom. The van der Waals surface area contributed by atoms with Crippen molar-refractivity contribution in [1.82, 2.24) is 0 Å². The van der Waals surface area contributed by atoms with Gasteiger partial charge >= 0.3 is 8.80 Å². The molecule has 0 spiro atoms. The van der Waals surface area contributed by atoms with Gasteiger partial charge in [-0.1, -0.05) is 20.4 Å². The van der Waals surface area contributed by atoms with Gasteiger partial charge in [0.25, 0.3) is 0 Å². The predicted octanol–water partition coefficient (Wildman–Crippen LogP) is 2.15. The summed E-state index contributed by atoms with van der Waals surface area (Å²) in [5.74, 6) is 0. The highest BCUT2D eigenvalue weighted by atomic mass is 28.4. The van der Waals surface area contributed by atoms with Crippen LogP contribution in [-0.2, 0) is 13.3 Å². The molecule has 13 heavy (non-hydrogen) atoms. The lowest BCUT2D eigenvalue weighted by molar-refractivity contribution is 0.0904. The third-order valence-corrected chi connectivity index (χ3v) is 3.83. The van der Waals surface area contributed by atoms with Gasteiger partial charge in [0.2, 0.25) is 0 Å². The molecule has 3 nitrogen and oxygen atoms in total. The zero-order valence-electron chi connectivity index (χ0n) is 8.84. The molecule has 0 aliphatic carbocycles. The van der Waals surface area contributed by atoms with Crippen LogP contribution in [0.1, 0.15) is 26.7 Å². The van der Waals surface area contributed by atoms with E-state index in [4.69, 9.17) is 13.3 Å². The Labute approximate surface area is 82.1 Å². The normalized spacial score (nSPS) is 11.6. The molecule has 0 aromatic rings. The Morgan fingerprint density at radius 3 is 1.85 bits per heavy atom. The molecular weight excluding hydrogens is 184 g/mol. The van der Waals surface area contributed by atoms with E-state index in [0.29, 0.717) is 13.2 Å². The first kappa shape index (κ1) is 12.8. The van der Waals surface area contributed by atoms with E-state index in [1.54, 1.807) is 12.8 Å². The number of hydrogen-bond acceptors (Lipinski definition) is 3. The predicted molar refractivity (Wildman–Crippen MR) is 55.4 cm³/mol. The number of hydrogen-bond donors (Lipinski definition) is 0. The van der Waals surface area contributed by atoms with Crippen LogP contribution in [0.4, 0.5) is 0 Å². The molecule has 0 fully saturated rings. The van der Waals surface area contributed by atoms with Crippen LogP contribution in [0.3, 0.4) is 0 Å². The average molecular weight is 204 g/mol.